The average Bonchev–Trinajstić information content (AvgIpc) is 3.19. The van der Waals surface area contributed by atoms with Crippen molar-refractivity contribution >= 4 is 6.03 Å². The molecule has 0 aliphatic carbocycles. The van der Waals surface area contributed by atoms with Crippen molar-refractivity contribution in [3.05, 3.63) is 71.0 Å². The molecule has 28 heavy (non-hydrogen) atoms. The van der Waals surface area contributed by atoms with Crippen LogP contribution in [0.25, 0.3) is 11.5 Å². The molecular weight excluding hydrogens is 352 g/mol. The Labute approximate surface area is 165 Å². The van der Waals surface area contributed by atoms with E-state index >= 15 is 0 Å². The largest absolute Gasteiger partial charge is 0.338 e. The topological polar surface area (TPSA) is 71.3 Å². The van der Waals surface area contributed by atoms with Gasteiger partial charge in [0.2, 0.25) is 0 Å². The maximum absolute atomic E-state index is 12.3. The molecule has 0 unspecified atom stereocenters. The van der Waals surface area contributed by atoms with Gasteiger partial charge in [-0.1, -0.05) is 48.5 Å². The van der Waals surface area contributed by atoms with Gasteiger partial charge in [0.25, 0.3) is 5.89 Å². The van der Waals surface area contributed by atoms with E-state index in [2.05, 4.69) is 28.4 Å². The molecule has 6 nitrogen and oxygen atoms in total. The Bertz CT molecular complexity index is 918. The second kappa shape index (κ2) is 9.17. The standard InChI is InChI=1S/C22H26N4O2/c1-4-20-24-21(28-25-20)18-11-9-17(10-12-18)13-14-23-22(27)26(3)15-19-8-6-5-7-16(19)2/h5-12H,4,13-15H2,1-3H3,(H,23,27). The molecule has 0 atom stereocenters. The normalized spacial score (nSPS) is 10.7. The molecule has 0 bridgehead atoms. The lowest BCUT2D eigenvalue weighted by molar-refractivity contribution is 0.207. The van der Waals surface area contributed by atoms with Gasteiger partial charge in [-0.05, 0) is 42.2 Å². The third-order valence-electron chi connectivity index (χ3n) is 4.69. The van der Waals surface area contributed by atoms with Gasteiger partial charge >= 0.3 is 6.03 Å². The van der Waals surface area contributed by atoms with Gasteiger partial charge in [-0.15, -0.1) is 0 Å². The number of aryl methyl sites for hydroxylation is 2. The molecule has 1 aromatic heterocycles. The van der Waals surface area contributed by atoms with Gasteiger partial charge < -0.3 is 14.7 Å². The van der Waals surface area contributed by atoms with Crippen molar-refractivity contribution in [1.29, 1.82) is 0 Å². The smallest absolute Gasteiger partial charge is 0.317 e. The molecule has 0 fully saturated rings. The fraction of sp³-hybridized carbons (Fsp3) is 0.318. The quantitative estimate of drug-likeness (QED) is 0.675. The van der Waals surface area contributed by atoms with Gasteiger partial charge in [-0.25, -0.2) is 4.79 Å². The van der Waals surface area contributed by atoms with E-state index < -0.39 is 0 Å². The maximum Gasteiger partial charge on any atom is 0.317 e. The summed E-state index contributed by atoms with van der Waals surface area (Å²) in [5, 5.41) is 6.89. The van der Waals surface area contributed by atoms with Crippen LogP contribution in [0.15, 0.2) is 53.1 Å². The van der Waals surface area contributed by atoms with Gasteiger partial charge in [0, 0.05) is 32.1 Å². The molecule has 3 aromatic rings. The molecule has 3 rings (SSSR count). The first-order valence-electron chi connectivity index (χ1n) is 9.52. The van der Waals surface area contributed by atoms with Crippen molar-refractivity contribution < 1.29 is 9.32 Å². The molecule has 0 saturated carbocycles. The summed E-state index contributed by atoms with van der Waals surface area (Å²) in [4.78, 5) is 18.3. The van der Waals surface area contributed by atoms with E-state index in [1.807, 2.05) is 56.4 Å². The predicted molar refractivity (Wildman–Crippen MR) is 109 cm³/mol. The number of nitrogens with one attached hydrogen (secondary N) is 1. The third kappa shape index (κ3) is 4.97. The van der Waals surface area contributed by atoms with Crippen LogP contribution >= 0.6 is 0 Å². The molecule has 146 valence electrons. The zero-order valence-electron chi connectivity index (χ0n) is 16.6. The molecule has 0 radical (unpaired) electrons. The second-order valence-electron chi connectivity index (χ2n) is 6.83. The summed E-state index contributed by atoms with van der Waals surface area (Å²) < 4.78 is 5.25. The molecule has 1 heterocycles. The molecule has 0 saturated heterocycles. The zero-order chi connectivity index (χ0) is 19.9. The number of carbonyl (C=O) groups excluding carboxylic acids is 1. The molecule has 2 aromatic carbocycles. The lowest BCUT2D eigenvalue weighted by Gasteiger charge is -2.19. The van der Waals surface area contributed by atoms with Crippen molar-refractivity contribution in [2.24, 2.45) is 0 Å². The van der Waals surface area contributed by atoms with Crippen molar-refractivity contribution in [2.75, 3.05) is 13.6 Å². The number of benzene rings is 2. The maximum atomic E-state index is 12.3. The molecule has 1 N–H and O–H groups in total. The molecular formula is C22H26N4O2. The van der Waals surface area contributed by atoms with Gasteiger partial charge in [-0.2, -0.15) is 4.98 Å². The Balaban J connectivity index is 1.47. The van der Waals surface area contributed by atoms with E-state index in [1.165, 1.54) is 5.56 Å². The van der Waals surface area contributed by atoms with Crippen LogP contribution in [-0.4, -0.2) is 34.7 Å². The van der Waals surface area contributed by atoms with Crippen LogP contribution in [-0.2, 0) is 19.4 Å². The van der Waals surface area contributed by atoms with Gasteiger partial charge in [0.15, 0.2) is 5.82 Å². The Morgan fingerprint density at radius 3 is 2.57 bits per heavy atom. The van der Waals surface area contributed by atoms with Gasteiger partial charge in [0.05, 0.1) is 0 Å². The van der Waals surface area contributed by atoms with E-state index in [0.29, 0.717) is 24.8 Å². The van der Waals surface area contributed by atoms with Gasteiger partial charge in [0.1, 0.15) is 0 Å². The highest BCUT2D eigenvalue weighted by Crippen LogP contribution is 2.18. The number of aromatic nitrogens is 2. The van der Waals surface area contributed by atoms with E-state index in [9.17, 15) is 4.79 Å². The Hall–Kier alpha value is -3.15. The van der Waals surface area contributed by atoms with E-state index in [4.69, 9.17) is 4.52 Å². The van der Waals surface area contributed by atoms with E-state index in [1.54, 1.807) is 4.90 Å². The summed E-state index contributed by atoms with van der Waals surface area (Å²) in [5.41, 5.74) is 4.39. The fourth-order valence-corrected chi connectivity index (χ4v) is 2.89. The minimum atomic E-state index is -0.0715. The first kappa shape index (κ1) is 19.6. The van der Waals surface area contributed by atoms with Crippen molar-refractivity contribution in [2.45, 2.75) is 33.2 Å². The zero-order valence-corrected chi connectivity index (χ0v) is 16.6. The van der Waals surface area contributed by atoms with Crippen LogP contribution in [0.5, 0.6) is 0 Å². The molecule has 6 heteroatoms. The van der Waals surface area contributed by atoms with Crippen LogP contribution in [0.4, 0.5) is 4.79 Å². The monoisotopic (exact) mass is 378 g/mol. The predicted octanol–water partition coefficient (Wildman–Crippen LogP) is 3.99. The van der Waals surface area contributed by atoms with Crippen LogP contribution in [0.2, 0.25) is 0 Å². The number of hydrogen-bond acceptors (Lipinski definition) is 4. The number of urea groups is 1. The van der Waals surface area contributed by atoms with Crippen molar-refractivity contribution in [3.8, 4) is 11.5 Å². The van der Waals surface area contributed by atoms with Crippen LogP contribution in [0.1, 0.15) is 29.4 Å². The first-order chi connectivity index (χ1) is 13.6. The third-order valence-corrected chi connectivity index (χ3v) is 4.69. The van der Waals surface area contributed by atoms with E-state index in [-0.39, 0.29) is 6.03 Å². The highest BCUT2D eigenvalue weighted by Gasteiger charge is 2.10. The molecule has 0 spiro atoms. The second-order valence-corrected chi connectivity index (χ2v) is 6.83. The summed E-state index contributed by atoms with van der Waals surface area (Å²) in [6.07, 6.45) is 1.51. The highest BCUT2D eigenvalue weighted by atomic mass is 16.5. The number of hydrogen-bond donors (Lipinski definition) is 1. The number of nitrogens with zero attached hydrogens (tertiary/aromatic N) is 3. The highest BCUT2D eigenvalue weighted by molar-refractivity contribution is 5.73. The fourth-order valence-electron chi connectivity index (χ4n) is 2.89. The van der Waals surface area contributed by atoms with Crippen molar-refractivity contribution in [3.63, 3.8) is 0 Å². The number of carbonyl (C=O) groups is 1. The minimum Gasteiger partial charge on any atom is -0.338 e. The van der Waals surface area contributed by atoms with Crippen LogP contribution < -0.4 is 5.32 Å². The summed E-state index contributed by atoms with van der Waals surface area (Å²) in [5.74, 6) is 1.24. The summed E-state index contributed by atoms with van der Waals surface area (Å²) in [6, 6.07) is 16.0. The number of amides is 2. The summed E-state index contributed by atoms with van der Waals surface area (Å²) in [6.45, 7) is 5.22. The molecule has 0 aliphatic rings. The van der Waals surface area contributed by atoms with Crippen molar-refractivity contribution in [1.82, 2.24) is 20.4 Å². The lowest BCUT2D eigenvalue weighted by Crippen LogP contribution is -2.37. The average molecular weight is 378 g/mol. The molecule has 2 amide bonds. The van der Waals surface area contributed by atoms with E-state index in [0.717, 1.165) is 29.5 Å². The summed E-state index contributed by atoms with van der Waals surface area (Å²) >= 11 is 0. The van der Waals surface area contributed by atoms with Crippen LogP contribution in [0.3, 0.4) is 0 Å². The van der Waals surface area contributed by atoms with Gasteiger partial charge in [-0.3, -0.25) is 0 Å². The summed E-state index contributed by atoms with van der Waals surface area (Å²) in [7, 11) is 1.81. The lowest BCUT2D eigenvalue weighted by atomic mass is 10.1. The van der Waals surface area contributed by atoms with Crippen LogP contribution in [0, 0.1) is 6.92 Å². The SMILES string of the molecule is CCc1noc(-c2ccc(CCNC(=O)N(C)Cc3ccccc3C)cc2)n1. The Morgan fingerprint density at radius 2 is 1.89 bits per heavy atom. The Kier molecular flexibility index (Phi) is 6.42. The number of rotatable bonds is 7. The molecule has 0 aliphatic heterocycles. The first-order valence-corrected chi connectivity index (χ1v) is 9.52. The minimum absolute atomic E-state index is 0.0715. The Morgan fingerprint density at radius 1 is 1.14 bits per heavy atom.